The predicted octanol–water partition coefficient (Wildman–Crippen LogP) is 2.19. The number of hydrogen-bond acceptors (Lipinski definition) is 2. The molecule has 1 aromatic carbocycles. The maximum absolute atomic E-state index is 12.0. The fourth-order valence-electron chi connectivity index (χ4n) is 3.15. The van der Waals surface area contributed by atoms with E-state index in [-0.39, 0.29) is 12.1 Å². The third-order valence-electron chi connectivity index (χ3n) is 3.83. The molecule has 1 amide bonds. The maximum Gasteiger partial charge on any atom is 0.407 e. The lowest BCUT2D eigenvalue weighted by Gasteiger charge is -2.27. The number of amides is 1. The van der Waals surface area contributed by atoms with Crippen LogP contribution >= 0.6 is 0 Å². The largest absolute Gasteiger partial charge is 0.444 e. The quantitative estimate of drug-likeness (QED) is 0.820. The number of rotatable bonds is 1. The molecule has 5 heteroatoms. The molecule has 0 saturated heterocycles. The Morgan fingerprint density at radius 3 is 2.82 bits per heavy atom. The molecule has 0 saturated carbocycles. The van der Waals surface area contributed by atoms with Gasteiger partial charge in [0.15, 0.2) is 0 Å². The molecule has 2 aromatic rings. The molecule has 4 nitrogen and oxygen atoms in total. The minimum atomic E-state index is -0.488. The normalized spacial score (nSPS) is 17.5. The molecule has 1 unspecified atom stereocenters. The smallest absolute Gasteiger partial charge is 0.407 e. The lowest BCUT2D eigenvalue weighted by Crippen LogP contribution is -2.43. The van der Waals surface area contributed by atoms with Crippen LogP contribution in [-0.4, -0.2) is 30.1 Å². The minimum Gasteiger partial charge on any atom is -0.444 e. The van der Waals surface area contributed by atoms with Crippen LogP contribution in [0.5, 0.6) is 0 Å². The number of nitrogens with one attached hydrogen (secondary N) is 1. The SMILES string of the molecule is [B]c1cn2c3c(cc(C)cc13)CC(NC(=O)OC(C)(C)C)C2. The topological polar surface area (TPSA) is 43.3 Å². The Kier molecular flexibility index (Phi) is 3.46. The molecule has 0 spiro atoms. The van der Waals surface area contributed by atoms with Crippen LogP contribution < -0.4 is 10.8 Å². The summed E-state index contributed by atoms with van der Waals surface area (Å²) in [6.45, 7) is 8.37. The van der Waals surface area contributed by atoms with E-state index in [0.717, 1.165) is 17.3 Å². The summed E-state index contributed by atoms with van der Waals surface area (Å²) >= 11 is 0. The summed E-state index contributed by atoms with van der Waals surface area (Å²) in [5.74, 6) is 0. The molecule has 22 heavy (non-hydrogen) atoms. The average Bonchev–Trinajstić information content (AvgIpc) is 2.63. The second-order valence-corrected chi connectivity index (χ2v) is 7.10. The van der Waals surface area contributed by atoms with Crippen LogP contribution in [-0.2, 0) is 17.7 Å². The number of ether oxygens (including phenoxy) is 1. The Morgan fingerprint density at radius 1 is 1.41 bits per heavy atom. The van der Waals surface area contributed by atoms with Gasteiger partial charge in [-0.05, 0) is 51.3 Å². The molecule has 114 valence electrons. The number of hydrogen-bond donors (Lipinski definition) is 1. The first-order chi connectivity index (χ1) is 10.2. The lowest BCUT2D eigenvalue weighted by molar-refractivity contribution is 0.0498. The van der Waals surface area contributed by atoms with Crippen LogP contribution in [0.2, 0.25) is 0 Å². The van der Waals surface area contributed by atoms with Gasteiger partial charge in [0, 0.05) is 6.54 Å². The molecule has 0 fully saturated rings. The van der Waals surface area contributed by atoms with Gasteiger partial charge in [-0.25, -0.2) is 4.79 Å². The molecular formula is C17H21BN2O2. The fourth-order valence-corrected chi connectivity index (χ4v) is 3.15. The van der Waals surface area contributed by atoms with E-state index in [1.54, 1.807) is 0 Å². The molecule has 2 heterocycles. The van der Waals surface area contributed by atoms with Gasteiger partial charge in [0.2, 0.25) is 0 Å². The number of carbonyl (C=O) groups is 1. The van der Waals surface area contributed by atoms with E-state index in [9.17, 15) is 4.79 Å². The van der Waals surface area contributed by atoms with Crippen molar-refractivity contribution < 1.29 is 9.53 Å². The molecule has 1 aliphatic rings. The molecule has 1 aromatic heterocycles. The van der Waals surface area contributed by atoms with Crippen molar-refractivity contribution in [1.29, 1.82) is 0 Å². The van der Waals surface area contributed by atoms with Gasteiger partial charge in [-0.1, -0.05) is 23.2 Å². The van der Waals surface area contributed by atoms with Crippen LogP contribution in [0.1, 0.15) is 31.9 Å². The molecular weight excluding hydrogens is 275 g/mol. The summed E-state index contributed by atoms with van der Waals surface area (Å²) in [5.41, 5.74) is 3.89. The second kappa shape index (κ2) is 5.08. The van der Waals surface area contributed by atoms with Gasteiger partial charge >= 0.3 is 6.09 Å². The summed E-state index contributed by atoms with van der Waals surface area (Å²) < 4.78 is 7.48. The monoisotopic (exact) mass is 296 g/mol. The summed E-state index contributed by atoms with van der Waals surface area (Å²) in [6, 6.07) is 4.30. The molecule has 1 atom stereocenters. The van der Waals surface area contributed by atoms with Crippen LogP contribution in [0.4, 0.5) is 4.79 Å². The average molecular weight is 296 g/mol. The standard InChI is InChI=1S/C17H21BN2O2/c1-10-5-11-7-12(19-16(21)22-17(2,3)4)8-20-9-14(18)13(6-10)15(11)20/h5-6,9,12H,7-8H2,1-4H3,(H,19,21). The Balaban J connectivity index is 1.84. The van der Waals surface area contributed by atoms with E-state index >= 15 is 0 Å². The van der Waals surface area contributed by atoms with Crippen molar-refractivity contribution in [3.05, 3.63) is 29.5 Å². The zero-order valence-corrected chi connectivity index (χ0v) is 13.6. The molecule has 0 aliphatic carbocycles. The highest BCUT2D eigenvalue weighted by molar-refractivity contribution is 6.39. The highest BCUT2D eigenvalue weighted by Gasteiger charge is 2.25. The Bertz CT molecular complexity index is 743. The molecule has 1 aliphatic heterocycles. The number of aryl methyl sites for hydroxylation is 1. The Hall–Kier alpha value is -1.91. The summed E-state index contributed by atoms with van der Waals surface area (Å²) in [5, 5.41) is 4.07. The first kappa shape index (κ1) is 15.0. The van der Waals surface area contributed by atoms with Crippen molar-refractivity contribution in [2.24, 2.45) is 0 Å². The van der Waals surface area contributed by atoms with Gasteiger partial charge < -0.3 is 14.6 Å². The molecule has 3 rings (SSSR count). The highest BCUT2D eigenvalue weighted by Crippen LogP contribution is 2.26. The van der Waals surface area contributed by atoms with Gasteiger partial charge in [0.05, 0.1) is 11.6 Å². The Labute approximate surface area is 132 Å². The van der Waals surface area contributed by atoms with Crippen LogP contribution in [0, 0.1) is 6.92 Å². The number of nitrogens with zero attached hydrogens (tertiary/aromatic N) is 1. The third-order valence-corrected chi connectivity index (χ3v) is 3.83. The van der Waals surface area contributed by atoms with Gasteiger partial charge in [-0.15, -0.1) is 0 Å². The fraction of sp³-hybridized carbons (Fsp3) is 0.471. The van der Waals surface area contributed by atoms with Gasteiger partial charge in [0.1, 0.15) is 13.4 Å². The third kappa shape index (κ3) is 2.85. The van der Waals surface area contributed by atoms with Crippen molar-refractivity contribution in [2.45, 2.75) is 52.3 Å². The van der Waals surface area contributed by atoms with Crippen molar-refractivity contribution in [2.75, 3.05) is 0 Å². The van der Waals surface area contributed by atoms with Crippen molar-refractivity contribution in [3.63, 3.8) is 0 Å². The van der Waals surface area contributed by atoms with Gasteiger partial charge in [0.25, 0.3) is 0 Å². The van der Waals surface area contributed by atoms with E-state index in [1.807, 2.05) is 27.0 Å². The summed E-state index contributed by atoms with van der Waals surface area (Å²) in [4.78, 5) is 12.0. The maximum atomic E-state index is 12.0. The summed E-state index contributed by atoms with van der Waals surface area (Å²) in [6.07, 6.45) is 2.38. The van der Waals surface area contributed by atoms with Gasteiger partial charge in [-0.2, -0.15) is 0 Å². The van der Waals surface area contributed by atoms with Crippen molar-refractivity contribution in [3.8, 4) is 0 Å². The number of carbonyl (C=O) groups excluding carboxylic acids is 1. The van der Waals surface area contributed by atoms with E-state index in [4.69, 9.17) is 12.6 Å². The van der Waals surface area contributed by atoms with E-state index in [1.165, 1.54) is 16.6 Å². The van der Waals surface area contributed by atoms with Crippen molar-refractivity contribution >= 4 is 30.3 Å². The molecule has 1 N–H and O–H groups in total. The number of alkyl carbamates (subject to hydrolysis) is 1. The van der Waals surface area contributed by atoms with Crippen LogP contribution in [0.3, 0.4) is 0 Å². The van der Waals surface area contributed by atoms with Gasteiger partial charge in [-0.3, -0.25) is 0 Å². The number of aromatic nitrogens is 1. The zero-order valence-electron chi connectivity index (χ0n) is 13.6. The lowest BCUT2D eigenvalue weighted by atomic mass is 9.92. The van der Waals surface area contributed by atoms with E-state index in [2.05, 4.69) is 28.9 Å². The highest BCUT2D eigenvalue weighted by atomic mass is 16.6. The van der Waals surface area contributed by atoms with E-state index in [0.29, 0.717) is 6.54 Å². The zero-order chi connectivity index (χ0) is 16.1. The van der Waals surface area contributed by atoms with Crippen molar-refractivity contribution in [1.82, 2.24) is 9.88 Å². The van der Waals surface area contributed by atoms with Crippen LogP contribution in [0.15, 0.2) is 18.3 Å². The predicted molar refractivity (Wildman–Crippen MR) is 88.9 cm³/mol. The van der Waals surface area contributed by atoms with Crippen LogP contribution in [0.25, 0.3) is 10.9 Å². The second-order valence-electron chi connectivity index (χ2n) is 7.10. The summed E-state index contributed by atoms with van der Waals surface area (Å²) in [7, 11) is 6.12. The molecule has 0 bridgehead atoms. The first-order valence-corrected chi connectivity index (χ1v) is 7.60. The molecule has 2 radical (unpaired) electrons. The minimum absolute atomic E-state index is 0.0131. The first-order valence-electron chi connectivity index (χ1n) is 7.60. The van der Waals surface area contributed by atoms with E-state index < -0.39 is 5.60 Å². The number of benzene rings is 1. The Morgan fingerprint density at radius 2 is 2.14 bits per heavy atom.